The maximum absolute atomic E-state index is 11.0. The highest BCUT2D eigenvalue weighted by Gasteiger charge is 2.02. The van der Waals surface area contributed by atoms with Gasteiger partial charge in [-0.3, -0.25) is 4.79 Å². The van der Waals surface area contributed by atoms with Crippen molar-refractivity contribution in [3.8, 4) is 11.5 Å². The van der Waals surface area contributed by atoms with Crippen LogP contribution in [-0.2, 0) is 4.79 Å². The molecule has 3 rings (SSSR count). The first-order chi connectivity index (χ1) is 13.5. The molecule has 3 nitrogen and oxygen atoms in total. The molecule has 0 heterocycles. The lowest BCUT2D eigenvalue weighted by molar-refractivity contribution is -0.131. The number of esters is 1. The average molecular weight is 374 g/mol. The molecule has 3 aromatic carbocycles. The van der Waals surface area contributed by atoms with Crippen molar-refractivity contribution in [1.82, 2.24) is 0 Å². The predicted octanol–water partition coefficient (Wildman–Crippen LogP) is 6.36. The van der Waals surface area contributed by atoms with Gasteiger partial charge < -0.3 is 9.47 Å². The molecule has 0 amide bonds. The van der Waals surface area contributed by atoms with E-state index in [1.165, 1.54) is 17.7 Å². The molecule has 1 atom stereocenters. The van der Waals surface area contributed by atoms with Crippen LogP contribution in [0.5, 0.6) is 11.5 Å². The van der Waals surface area contributed by atoms with Gasteiger partial charge in [0.15, 0.2) is 0 Å². The van der Waals surface area contributed by atoms with Crippen LogP contribution in [0.4, 0.5) is 0 Å². The Morgan fingerprint density at radius 1 is 0.893 bits per heavy atom. The Bertz CT molecular complexity index is 971. The Kier molecular flexibility index (Phi) is 6.49. The van der Waals surface area contributed by atoms with Crippen molar-refractivity contribution in [2.45, 2.75) is 27.2 Å². The summed E-state index contributed by atoms with van der Waals surface area (Å²) in [5, 5.41) is 2.35. The Morgan fingerprint density at radius 3 is 2.21 bits per heavy atom. The Hall–Kier alpha value is -3.07. The maximum Gasteiger partial charge on any atom is 0.308 e. The summed E-state index contributed by atoms with van der Waals surface area (Å²) in [6.45, 7) is 6.52. The molecule has 3 aromatic rings. The van der Waals surface area contributed by atoms with Gasteiger partial charge in [0.25, 0.3) is 0 Å². The predicted molar refractivity (Wildman–Crippen MR) is 116 cm³/mol. The number of hydrogen-bond acceptors (Lipinski definition) is 3. The Balaban J connectivity index is 1.69. The number of hydrogen-bond donors (Lipinski definition) is 0. The fourth-order valence-electron chi connectivity index (χ4n) is 2.80. The molecule has 0 radical (unpaired) electrons. The summed E-state index contributed by atoms with van der Waals surface area (Å²) in [6, 6.07) is 20.1. The Morgan fingerprint density at radius 2 is 1.50 bits per heavy atom. The number of carbonyl (C=O) groups excluding carboxylic acids is 1. The third kappa shape index (κ3) is 5.46. The van der Waals surface area contributed by atoms with Crippen LogP contribution in [0.3, 0.4) is 0 Å². The van der Waals surface area contributed by atoms with E-state index in [1.54, 1.807) is 12.1 Å². The Labute approximate surface area is 166 Å². The van der Waals surface area contributed by atoms with Gasteiger partial charge in [-0.1, -0.05) is 62.8 Å². The van der Waals surface area contributed by atoms with E-state index in [0.717, 1.165) is 29.9 Å². The molecule has 0 N–H and O–H groups in total. The first-order valence-corrected chi connectivity index (χ1v) is 9.66. The molecule has 0 aliphatic carbocycles. The van der Waals surface area contributed by atoms with Gasteiger partial charge in [0.2, 0.25) is 0 Å². The summed E-state index contributed by atoms with van der Waals surface area (Å²) in [5.74, 6) is 1.73. The highest BCUT2D eigenvalue weighted by atomic mass is 16.5. The zero-order chi connectivity index (χ0) is 19.9. The van der Waals surface area contributed by atoms with Gasteiger partial charge in [-0.05, 0) is 58.1 Å². The summed E-state index contributed by atoms with van der Waals surface area (Å²) in [7, 11) is 0. The zero-order valence-corrected chi connectivity index (χ0v) is 16.6. The highest BCUT2D eigenvalue weighted by molar-refractivity contribution is 5.87. The summed E-state index contributed by atoms with van der Waals surface area (Å²) in [4.78, 5) is 11.0. The second-order valence-electron chi connectivity index (χ2n) is 7.09. The third-order valence-corrected chi connectivity index (χ3v) is 4.68. The standard InChI is InChI=1S/C25H26O3/c1-4-18(2)17-27-25-14-11-22-15-21(7-10-23(22)16-25)6-5-20-8-12-24(13-9-20)28-19(3)26/h5-16,18H,4,17H2,1-3H3/b6-5+/t18-/m0/s1. The van der Waals surface area contributed by atoms with Crippen molar-refractivity contribution in [2.24, 2.45) is 5.92 Å². The fourth-order valence-corrected chi connectivity index (χ4v) is 2.80. The van der Waals surface area contributed by atoms with E-state index < -0.39 is 0 Å². The third-order valence-electron chi connectivity index (χ3n) is 4.68. The lowest BCUT2D eigenvalue weighted by Gasteiger charge is -2.11. The van der Waals surface area contributed by atoms with Crippen molar-refractivity contribution < 1.29 is 14.3 Å². The first-order valence-electron chi connectivity index (χ1n) is 9.66. The van der Waals surface area contributed by atoms with Gasteiger partial charge in [0.05, 0.1) is 6.61 Å². The zero-order valence-electron chi connectivity index (χ0n) is 16.6. The molecule has 0 aliphatic rings. The van der Waals surface area contributed by atoms with Crippen LogP contribution >= 0.6 is 0 Å². The van der Waals surface area contributed by atoms with Crippen molar-refractivity contribution in [1.29, 1.82) is 0 Å². The number of carbonyl (C=O) groups is 1. The number of benzene rings is 3. The summed E-state index contributed by atoms with van der Waals surface area (Å²) in [6.07, 6.45) is 5.24. The van der Waals surface area contributed by atoms with Crippen molar-refractivity contribution in [3.05, 3.63) is 71.8 Å². The molecule has 144 valence electrons. The second-order valence-corrected chi connectivity index (χ2v) is 7.09. The SMILES string of the molecule is CC[C@H](C)COc1ccc2cc(/C=C/c3ccc(OC(C)=O)cc3)ccc2c1. The molecule has 28 heavy (non-hydrogen) atoms. The van der Waals surface area contributed by atoms with E-state index in [2.05, 4.69) is 50.3 Å². The molecule has 3 heteroatoms. The van der Waals surface area contributed by atoms with E-state index in [4.69, 9.17) is 9.47 Å². The van der Waals surface area contributed by atoms with Crippen LogP contribution in [0, 0.1) is 5.92 Å². The lowest BCUT2D eigenvalue weighted by Crippen LogP contribution is -2.06. The molecule has 0 saturated heterocycles. The van der Waals surface area contributed by atoms with Crippen LogP contribution in [0.15, 0.2) is 60.7 Å². The summed E-state index contributed by atoms with van der Waals surface area (Å²) >= 11 is 0. The average Bonchev–Trinajstić information content (AvgIpc) is 2.70. The van der Waals surface area contributed by atoms with Crippen molar-refractivity contribution >= 4 is 28.9 Å². The van der Waals surface area contributed by atoms with Crippen LogP contribution in [0.1, 0.15) is 38.3 Å². The molecule has 0 saturated carbocycles. The van der Waals surface area contributed by atoms with Crippen LogP contribution in [0.25, 0.3) is 22.9 Å². The van der Waals surface area contributed by atoms with Crippen LogP contribution < -0.4 is 9.47 Å². The quantitative estimate of drug-likeness (QED) is 0.274. The minimum absolute atomic E-state index is 0.312. The van der Waals surface area contributed by atoms with E-state index in [9.17, 15) is 4.79 Å². The molecular formula is C25H26O3. The van der Waals surface area contributed by atoms with Gasteiger partial charge in [0.1, 0.15) is 11.5 Å². The molecule has 0 aromatic heterocycles. The highest BCUT2D eigenvalue weighted by Crippen LogP contribution is 2.24. The fraction of sp³-hybridized carbons (Fsp3) is 0.240. The molecule has 0 fully saturated rings. The largest absolute Gasteiger partial charge is 0.493 e. The van der Waals surface area contributed by atoms with Crippen LogP contribution in [-0.4, -0.2) is 12.6 Å². The van der Waals surface area contributed by atoms with Crippen molar-refractivity contribution in [3.63, 3.8) is 0 Å². The maximum atomic E-state index is 11.0. The molecule has 0 aliphatic heterocycles. The molecule has 0 bridgehead atoms. The summed E-state index contributed by atoms with van der Waals surface area (Å²) < 4.78 is 10.9. The molecule has 0 unspecified atom stereocenters. The van der Waals surface area contributed by atoms with E-state index in [-0.39, 0.29) is 5.97 Å². The van der Waals surface area contributed by atoms with E-state index in [1.807, 2.05) is 24.3 Å². The van der Waals surface area contributed by atoms with E-state index in [0.29, 0.717) is 11.7 Å². The smallest absolute Gasteiger partial charge is 0.308 e. The minimum atomic E-state index is -0.312. The van der Waals surface area contributed by atoms with Gasteiger partial charge in [-0.25, -0.2) is 0 Å². The second kappa shape index (κ2) is 9.23. The molecular weight excluding hydrogens is 348 g/mol. The summed E-state index contributed by atoms with van der Waals surface area (Å²) in [5.41, 5.74) is 2.18. The van der Waals surface area contributed by atoms with Gasteiger partial charge in [0, 0.05) is 6.92 Å². The number of ether oxygens (including phenoxy) is 2. The van der Waals surface area contributed by atoms with Gasteiger partial charge in [-0.15, -0.1) is 0 Å². The van der Waals surface area contributed by atoms with E-state index >= 15 is 0 Å². The topological polar surface area (TPSA) is 35.5 Å². The first kappa shape index (κ1) is 19.7. The monoisotopic (exact) mass is 374 g/mol. The van der Waals surface area contributed by atoms with Crippen molar-refractivity contribution in [2.75, 3.05) is 6.61 Å². The van der Waals surface area contributed by atoms with Crippen LogP contribution in [0.2, 0.25) is 0 Å². The minimum Gasteiger partial charge on any atom is -0.493 e. The lowest BCUT2D eigenvalue weighted by atomic mass is 10.1. The number of fused-ring (bicyclic) bond motifs is 1. The number of rotatable bonds is 7. The normalized spacial score (nSPS) is 12.2. The van der Waals surface area contributed by atoms with Gasteiger partial charge >= 0.3 is 5.97 Å². The van der Waals surface area contributed by atoms with Gasteiger partial charge in [-0.2, -0.15) is 0 Å². The molecule has 0 spiro atoms.